The van der Waals surface area contributed by atoms with Crippen molar-refractivity contribution in [3.63, 3.8) is 0 Å². The van der Waals surface area contributed by atoms with E-state index >= 15 is 0 Å². The Hall–Kier alpha value is -5.02. The van der Waals surface area contributed by atoms with E-state index in [4.69, 9.17) is 45.3 Å². The van der Waals surface area contributed by atoms with Crippen molar-refractivity contribution in [2.24, 2.45) is 11.7 Å². The molecule has 14 nitrogen and oxygen atoms in total. The number of Topliss-reactive ketones (excluding diaryl/α,β-unsaturated/α-hetero) is 1. The number of nitrogens with two attached hydrogens (primary N) is 1. The van der Waals surface area contributed by atoms with Gasteiger partial charge in [0.25, 0.3) is 11.8 Å². The summed E-state index contributed by atoms with van der Waals surface area (Å²) in [5, 5.41) is 10.6. The van der Waals surface area contributed by atoms with E-state index in [-0.39, 0.29) is 52.5 Å². The minimum Gasteiger partial charge on any atom is -0.372 e. The number of nitrogens with zero attached hydrogens (tertiary/aromatic N) is 1. The Morgan fingerprint density at radius 2 is 1.48 bits per heavy atom. The summed E-state index contributed by atoms with van der Waals surface area (Å²) in [5.74, 6) is -5.84. The molecule has 1 heterocycles. The van der Waals surface area contributed by atoms with Crippen LogP contribution in [0, 0.1) is 5.92 Å². The van der Waals surface area contributed by atoms with Crippen LogP contribution >= 0.6 is 34.8 Å². The molecule has 5 atom stereocenters. The molecule has 0 aromatic heterocycles. The number of amides is 6. The van der Waals surface area contributed by atoms with Crippen molar-refractivity contribution in [2.45, 2.75) is 95.2 Å². The molecule has 3 aromatic carbocycles. The first-order valence-electron chi connectivity index (χ1n) is 19.9. The Morgan fingerprint density at radius 1 is 0.833 bits per heavy atom. The van der Waals surface area contributed by atoms with Gasteiger partial charge in [-0.25, -0.2) is 0 Å². The van der Waals surface area contributed by atoms with Crippen LogP contribution in [-0.2, 0) is 40.1 Å². The molecule has 2 unspecified atom stereocenters. The maximum atomic E-state index is 14.8. The minimum atomic E-state index is -1.31. The number of hydrogen-bond acceptors (Lipinski definition) is 8. The molecule has 1 aliphatic heterocycles. The molecule has 3 aromatic rings. The summed E-state index contributed by atoms with van der Waals surface area (Å²) in [5.41, 5.74) is 6.83. The minimum absolute atomic E-state index is 0.00758. The lowest BCUT2D eigenvalue weighted by Crippen LogP contribution is -2.58. The van der Waals surface area contributed by atoms with Gasteiger partial charge in [0, 0.05) is 13.0 Å². The highest BCUT2D eigenvalue weighted by Gasteiger charge is 2.45. The highest BCUT2D eigenvalue weighted by atomic mass is 35.5. The van der Waals surface area contributed by atoms with Gasteiger partial charge in [-0.3, -0.25) is 33.6 Å². The van der Waals surface area contributed by atoms with Crippen LogP contribution < -0.4 is 27.0 Å². The number of carbonyl (C=O) groups excluding carboxylic acids is 7. The number of carbonyl (C=O) groups is 7. The standard InChI is InChI=1S/C43H49Cl3N6O8/c1-2-12-33(38(54)42(58)48-22-35(53)50-36(39(47)55)26-15-8-4-9-16-26)49-41(57)34-19-28(60-24-25-13-6-3-7-14-25)23-52(34)43(59)37(27-17-10-5-11-18-27)51-40(56)29-20-31(45)32(46)21-30(29)44/h3-4,6-9,13-16,20-21,27-28,33-34,36-37H,2,5,10-12,17-19,22-24H2,1H3,(H2,47,55)(H,48,58)(H,49,57)(H,50,53)(H,51,56)/t28-,33?,34+,36-,37?/m1/s1. The van der Waals surface area contributed by atoms with Gasteiger partial charge in [-0.15, -0.1) is 0 Å². The van der Waals surface area contributed by atoms with Crippen LogP contribution in [0.15, 0.2) is 72.8 Å². The van der Waals surface area contributed by atoms with Crippen molar-refractivity contribution in [2.75, 3.05) is 13.1 Å². The monoisotopic (exact) mass is 882 g/mol. The van der Waals surface area contributed by atoms with Crippen molar-refractivity contribution < 1.29 is 38.3 Å². The molecule has 1 aliphatic carbocycles. The number of halogens is 3. The first-order chi connectivity index (χ1) is 28.8. The summed E-state index contributed by atoms with van der Waals surface area (Å²) in [6, 6.07) is 15.7. The highest BCUT2D eigenvalue weighted by Crippen LogP contribution is 2.32. The van der Waals surface area contributed by atoms with Gasteiger partial charge in [0.15, 0.2) is 0 Å². The van der Waals surface area contributed by atoms with Crippen molar-refractivity contribution in [3.05, 3.63) is 105 Å². The average molecular weight is 884 g/mol. The summed E-state index contributed by atoms with van der Waals surface area (Å²) in [7, 11) is 0. The summed E-state index contributed by atoms with van der Waals surface area (Å²) in [6.07, 6.45) is 3.89. The second-order valence-electron chi connectivity index (χ2n) is 15.0. The maximum Gasteiger partial charge on any atom is 0.290 e. The molecule has 320 valence electrons. The van der Waals surface area contributed by atoms with Crippen LogP contribution in [0.25, 0.3) is 0 Å². The second kappa shape index (κ2) is 22.0. The third kappa shape index (κ3) is 12.3. The zero-order valence-corrected chi connectivity index (χ0v) is 35.4. The Kier molecular flexibility index (Phi) is 16.9. The van der Waals surface area contributed by atoms with E-state index in [9.17, 15) is 33.6 Å². The van der Waals surface area contributed by atoms with E-state index < -0.39 is 78.0 Å². The number of ketones is 1. The summed E-state index contributed by atoms with van der Waals surface area (Å²) >= 11 is 18.7. The Labute approximate surface area is 363 Å². The fourth-order valence-corrected chi connectivity index (χ4v) is 8.18. The molecule has 17 heteroatoms. The van der Waals surface area contributed by atoms with Crippen LogP contribution in [0.1, 0.15) is 85.8 Å². The molecule has 2 aliphatic rings. The zero-order valence-electron chi connectivity index (χ0n) is 33.1. The van der Waals surface area contributed by atoms with E-state index in [0.717, 1.165) is 24.8 Å². The predicted molar refractivity (Wildman–Crippen MR) is 226 cm³/mol. The molecule has 0 radical (unpaired) electrons. The largest absolute Gasteiger partial charge is 0.372 e. The smallest absolute Gasteiger partial charge is 0.290 e. The van der Waals surface area contributed by atoms with Gasteiger partial charge in [0.05, 0.1) is 45.9 Å². The van der Waals surface area contributed by atoms with Crippen molar-refractivity contribution in [1.82, 2.24) is 26.2 Å². The fraction of sp³-hybridized carbons (Fsp3) is 0.419. The molecule has 6 amide bonds. The Balaban J connectivity index is 1.33. The SMILES string of the molecule is CCCC(NC(=O)[C@@H]1C[C@@H](OCc2ccccc2)CN1C(=O)C(NC(=O)c1cc(Cl)c(Cl)cc1Cl)C1CCCCC1)C(=O)C(=O)NCC(=O)N[C@@H](C(N)=O)c1ccccc1. The Bertz CT molecular complexity index is 2040. The quantitative estimate of drug-likeness (QED) is 0.0883. The molecule has 5 rings (SSSR count). The first-order valence-corrected chi connectivity index (χ1v) is 21.1. The maximum absolute atomic E-state index is 14.8. The van der Waals surface area contributed by atoms with Crippen molar-refractivity contribution in [3.8, 4) is 0 Å². The third-order valence-corrected chi connectivity index (χ3v) is 11.7. The molecule has 0 bridgehead atoms. The van der Waals surface area contributed by atoms with Crippen LogP contribution in [0.5, 0.6) is 0 Å². The van der Waals surface area contributed by atoms with E-state index in [0.29, 0.717) is 24.8 Å². The predicted octanol–water partition coefficient (Wildman–Crippen LogP) is 4.82. The van der Waals surface area contributed by atoms with Crippen LogP contribution in [0.3, 0.4) is 0 Å². The van der Waals surface area contributed by atoms with E-state index in [1.165, 1.54) is 17.0 Å². The lowest BCUT2D eigenvalue weighted by atomic mass is 9.83. The number of hydrogen-bond donors (Lipinski definition) is 5. The fourth-order valence-electron chi connectivity index (χ4n) is 7.55. The number of nitrogens with one attached hydrogen (secondary N) is 4. The van der Waals surface area contributed by atoms with Crippen molar-refractivity contribution in [1.29, 1.82) is 0 Å². The van der Waals surface area contributed by atoms with Gasteiger partial charge < -0.3 is 36.6 Å². The lowest BCUT2D eigenvalue weighted by Gasteiger charge is -2.35. The lowest BCUT2D eigenvalue weighted by molar-refractivity contribution is -0.143. The average Bonchev–Trinajstić information content (AvgIpc) is 3.69. The van der Waals surface area contributed by atoms with Gasteiger partial charge in [-0.2, -0.15) is 0 Å². The normalized spacial score (nSPS) is 18.1. The first kappa shape index (κ1) is 46.1. The van der Waals surface area contributed by atoms with Gasteiger partial charge in [0.1, 0.15) is 18.1 Å². The van der Waals surface area contributed by atoms with Gasteiger partial charge in [0.2, 0.25) is 29.4 Å². The second-order valence-corrected chi connectivity index (χ2v) is 16.2. The summed E-state index contributed by atoms with van der Waals surface area (Å²) < 4.78 is 6.22. The topological polar surface area (TPSA) is 206 Å². The zero-order chi connectivity index (χ0) is 43.3. The molecule has 1 saturated carbocycles. The third-order valence-electron chi connectivity index (χ3n) is 10.7. The molecular weight excluding hydrogens is 835 g/mol. The molecule has 6 N–H and O–H groups in total. The van der Waals surface area contributed by atoms with E-state index in [1.54, 1.807) is 37.3 Å². The van der Waals surface area contributed by atoms with Crippen molar-refractivity contribution >= 4 is 76.0 Å². The molecule has 0 spiro atoms. The molecule has 2 fully saturated rings. The molecular formula is C43H49Cl3N6O8. The van der Waals surface area contributed by atoms with Crippen LogP contribution in [0.2, 0.25) is 15.1 Å². The number of rotatable bonds is 18. The number of likely N-dealkylation sites (tertiary alicyclic amines) is 1. The van der Waals surface area contributed by atoms with E-state index in [2.05, 4.69) is 21.3 Å². The van der Waals surface area contributed by atoms with Gasteiger partial charge >= 0.3 is 0 Å². The van der Waals surface area contributed by atoms with Gasteiger partial charge in [-0.1, -0.05) is 128 Å². The highest BCUT2D eigenvalue weighted by molar-refractivity contribution is 6.44. The number of primary amides is 1. The van der Waals surface area contributed by atoms with Crippen LogP contribution in [-0.4, -0.2) is 83.4 Å². The van der Waals surface area contributed by atoms with Gasteiger partial charge in [-0.05, 0) is 48.4 Å². The number of ether oxygens (including phenoxy) is 1. The summed E-state index contributed by atoms with van der Waals surface area (Å²) in [6.45, 7) is 1.33. The molecule has 60 heavy (non-hydrogen) atoms. The number of benzene rings is 3. The van der Waals surface area contributed by atoms with E-state index in [1.807, 2.05) is 30.3 Å². The Morgan fingerprint density at radius 3 is 2.13 bits per heavy atom. The molecule has 1 saturated heterocycles. The summed E-state index contributed by atoms with van der Waals surface area (Å²) in [4.78, 5) is 95.6. The van der Waals surface area contributed by atoms with Crippen LogP contribution in [0.4, 0.5) is 0 Å².